The van der Waals surface area contributed by atoms with Crippen molar-refractivity contribution in [2.45, 2.75) is 6.18 Å². The number of rotatable bonds is 4. The third-order valence-corrected chi connectivity index (χ3v) is 3.15. The lowest BCUT2D eigenvalue weighted by atomic mass is 10.1. The fourth-order valence-corrected chi connectivity index (χ4v) is 2.18. The molecule has 0 aliphatic carbocycles. The summed E-state index contributed by atoms with van der Waals surface area (Å²) < 4.78 is 54.9. The first-order valence-electron chi connectivity index (χ1n) is 6.49. The maximum atomic E-state index is 13.1. The standard InChI is InChI=1S/C14H16F3N3O3/c1-20(2)12-7-6-8(21-3)10(22-4)11(23-5)9(7)18-13(19-12)14(15,16)17/h6H,1-5H3. The van der Waals surface area contributed by atoms with Gasteiger partial charge in [-0.15, -0.1) is 0 Å². The Balaban J connectivity index is 2.98. The Labute approximate surface area is 130 Å². The second kappa shape index (κ2) is 5.98. The second-order valence-electron chi connectivity index (χ2n) is 4.80. The second-order valence-corrected chi connectivity index (χ2v) is 4.80. The van der Waals surface area contributed by atoms with Gasteiger partial charge in [0.15, 0.2) is 11.5 Å². The third-order valence-electron chi connectivity index (χ3n) is 3.15. The van der Waals surface area contributed by atoms with Crippen molar-refractivity contribution in [3.05, 3.63) is 11.9 Å². The zero-order valence-electron chi connectivity index (χ0n) is 13.3. The highest BCUT2D eigenvalue weighted by atomic mass is 19.4. The van der Waals surface area contributed by atoms with Crippen molar-refractivity contribution in [1.82, 2.24) is 9.97 Å². The van der Waals surface area contributed by atoms with Gasteiger partial charge in [-0.05, 0) is 6.07 Å². The van der Waals surface area contributed by atoms with Crippen LogP contribution in [0, 0.1) is 0 Å². The first-order chi connectivity index (χ1) is 10.7. The summed E-state index contributed by atoms with van der Waals surface area (Å²) in [6.07, 6.45) is -4.68. The van der Waals surface area contributed by atoms with Gasteiger partial charge < -0.3 is 19.1 Å². The number of alkyl halides is 3. The molecule has 0 spiro atoms. The van der Waals surface area contributed by atoms with Crippen LogP contribution in [-0.2, 0) is 6.18 Å². The molecule has 0 unspecified atom stereocenters. The van der Waals surface area contributed by atoms with Crippen molar-refractivity contribution >= 4 is 16.7 Å². The Morgan fingerprint density at radius 2 is 1.57 bits per heavy atom. The highest BCUT2D eigenvalue weighted by Crippen LogP contribution is 2.45. The molecule has 2 aromatic rings. The molecule has 126 valence electrons. The summed E-state index contributed by atoms with van der Waals surface area (Å²) in [7, 11) is 7.28. The van der Waals surface area contributed by atoms with E-state index in [1.807, 2.05) is 0 Å². The van der Waals surface area contributed by atoms with E-state index >= 15 is 0 Å². The first-order valence-corrected chi connectivity index (χ1v) is 6.49. The van der Waals surface area contributed by atoms with E-state index in [-0.39, 0.29) is 22.8 Å². The molecule has 1 aromatic heterocycles. The molecule has 0 fully saturated rings. The van der Waals surface area contributed by atoms with Gasteiger partial charge in [0.2, 0.25) is 11.6 Å². The molecule has 9 heteroatoms. The molecular weight excluding hydrogens is 315 g/mol. The van der Waals surface area contributed by atoms with Gasteiger partial charge in [-0.1, -0.05) is 0 Å². The monoisotopic (exact) mass is 331 g/mol. The predicted molar refractivity (Wildman–Crippen MR) is 78.5 cm³/mol. The van der Waals surface area contributed by atoms with Gasteiger partial charge in [0.1, 0.15) is 11.3 Å². The van der Waals surface area contributed by atoms with Gasteiger partial charge >= 0.3 is 6.18 Å². The smallest absolute Gasteiger partial charge is 0.451 e. The number of anilines is 1. The van der Waals surface area contributed by atoms with Crippen LogP contribution in [0.4, 0.5) is 19.0 Å². The average Bonchev–Trinajstić information content (AvgIpc) is 2.50. The van der Waals surface area contributed by atoms with Crippen LogP contribution in [0.5, 0.6) is 17.2 Å². The van der Waals surface area contributed by atoms with Crippen molar-refractivity contribution in [2.24, 2.45) is 0 Å². The summed E-state index contributed by atoms with van der Waals surface area (Å²) in [5, 5.41) is 0.359. The molecule has 1 heterocycles. The zero-order valence-corrected chi connectivity index (χ0v) is 13.3. The molecular formula is C14H16F3N3O3. The van der Waals surface area contributed by atoms with E-state index in [1.165, 1.54) is 32.3 Å². The summed E-state index contributed by atoms with van der Waals surface area (Å²) in [5.41, 5.74) is -0.00354. The molecule has 23 heavy (non-hydrogen) atoms. The normalized spacial score (nSPS) is 11.5. The highest BCUT2D eigenvalue weighted by molar-refractivity contribution is 5.97. The summed E-state index contributed by atoms with van der Waals surface area (Å²) in [6, 6.07) is 1.52. The topological polar surface area (TPSA) is 56.7 Å². The van der Waals surface area contributed by atoms with E-state index in [2.05, 4.69) is 9.97 Å². The van der Waals surface area contributed by atoms with Crippen LogP contribution in [0.1, 0.15) is 5.82 Å². The molecule has 0 bridgehead atoms. The highest BCUT2D eigenvalue weighted by Gasteiger charge is 2.36. The molecule has 2 rings (SSSR count). The number of nitrogens with zero attached hydrogens (tertiary/aromatic N) is 3. The number of aromatic nitrogens is 2. The number of halogens is 3. The number of hydrogen-bond donors (Lipinski definition) is 0. The molecule has 0 N–H and O–H groups in total. The lowest BCUT2D eigenvalue weighted by Crippen LogP contribution is -2.18. The number of benzene rings is 1. The molecule has 1 aromatic carbocycles. The SMILES string of the molecule is COc1cc2c(N(C)C)nc(C(F)(F)F)nc2c(OC)c1OC. The Morgan fingerprint density at radius 3 is 2.00 bits per heavy atom. The van der Waals surface area contributed by atoms with Gasteiger partial charge in [0.05, 0.1) is 26.7 Å². The van der Waals surface area contributed by atoms with E-state index < -0.39 is 12.0 Å². The summed E-state index contributed by atoms with van der Waals surface area (Å²) >= 11 is 0. The molecule has 6 nitrogen and oxygen atoms in total. The van der Waals surface area contributed by atoms with Gasteiger partial charge in [-0.25, -0.2) is 9.97 Å². The van der Waals surface area contributed by atoms with E-state index in [0.29, 0.717) is 11.1 Å². The molecule has 0 amide bonds. The van der Waals surface area contributed by atoms with E-state index in [0.717, 1.165) is 0 Å². The van der Waals surface area contributed by atoms with Crippen molar-refractivity contribution in [1.29, 1.82) is 0 Å². The summed E-state index contributed by atoms with van der Waals surface area (Å²) in [4.78, 5) is 8.70. The maximum absolute atomic E-state index is 13.1. The fourth-order valence-electron chi connectivity index (χ4n) is 2.18. The van der Waals surface area contributed by atoms with E-state index in [4.69, 9.17) is 14.2 Å². The largest absolute Gasteiger partial charge is 0.493 e. The van der Waals surface area contributed by atoms with Crippen LogP contribution in [0.3, 0.4) is 0 Å². The van der Waals surface area contributed by atoms with Crippen LogP contribution < -0.4 is 19.1 Å². The van der Waals surface area contributed by atoms with Crippen LogP contribution in [0.2, 0.25) is 0 Å². The quantitative estimate of drug-likeness (QED) is 0.859. The number of fused-ring (bicyclic) bond motifs is 1. The van der Waals surface area contributed by atoms with Crippen LogP contribution in [0.25, 0.3) is 10.9 Å². The minimum Gasteiger partial charge on any atom is -0.493 e. The predicted octanol–water partition coefficient (Wildman–Crippen LogP) is 2.74. The molecule has 0 saturated heterocycles. The zero-order chi connectivity index (χ0) is 17.4. The molecule has 0 aliphatic rings. The lowest BCUT2D eigenvalue weighted by Gasteiger charge is -2.20. The van der Waals surface area contributed by atoms with E-state index in [1.54, 1.807) is 14.1 Å². The van der Waals surface area contributed by atoms with Gasteiger partial charge in [-0.2, -0.15) is 13.2 Å². The first kappa shape index (κ1) is 16.9. The maximum Gasteiger partial charge on any atom is 0.451 e. The molecule has 0 aliphatic heterocycles. The van der Waals surface area contributed by atoms with Gasteiger partial charge in [-0.3, -0.25) is 0 Å². The average molecular weight is 331 g/mol. The van der Waals surface area contributed by atoms with Crippen molar-refractivity contribution < 1.29 is 27.4 Å². The Hall–Kier alpha value is -2.45. The van der Waals surface area contributed by atoms with E-state index in [9.17, 15) is 13.2 Å². The van der Waals surface area contributed by atoms with Gasteiger partial charge in [0, 0.05) is 14.1 Å². The van der Waals surface area contributed by atoms with Crippen molar-refractivity contribution in [2.75, 3.05) is 40.3 Å². The minimum atomic E-state index is -4.68. The van der Waals surface area contributed by atoms with Crippen molar-refractivity contribution in [3.8, 4) is 17.2 Å². The summed E-state index contributed by atoms with van der Waals surface area (Å²) in [6.45, 7) is 0. The summed E-state index contributed by atoms with van der Waals surface area (Å²) in [5.74, 6) is -0.624. The van der Waals surface area contributed by atoms with Crippen molar-refractivity contribution in [3.63, 3.8) is 0 Å². The van der Waals surface area contributed by atoms with Crippen LogP contribution in [0.15, 0.2) is 6.07 Å². The number of methoxy groups -OCH3 is 3. The third kappa shape index (κ3) is 2.90. The molecule has 0 saturated carbocycles. The van der Waals surface area contributed by atoms with Crippen LogP contribution in [-0.4, -0.2) is 45.4 Å². The minimum absolute atomic E-state index is 0.00354. The van der Waals surface area contributed by atoms with Crippen LogP contribution >= 0.6 is 0 Å². The Morgan fingerprint density at radius 1 is 0.957 bits per heavy atom. The lowest BCUT2D eigenvalue weighted by molar-refractivity contribution is -0.144. The number of ether oxygens (including phenoxy) is 3. The van der Waals surface area contributed by atoms with Gasteiger partial charge in [0.25, 0.3) is 0 Å². The number of hydrogen-bond acceptors (Lipinski definition) is 6. The Kier molecular flexibility index (Phi) is 4.39. The molecule has 0 atom stereocenters. The molecule has 0 radical (unpaired) electrons. The fraction of sp³-hybridized carbons (Fsp3) is 0.429. The Bertz CT molecular complexity index is 733.